The van der Waals surface area contributed by atoms with Crippen molar-refractivity contribution < 1.29 is 5.11 Å². The maximum atomic E-state index is 10.2. The molecule has 118 valence electrons. The third-order valence-corrected chi connectivity index (χ3v) is 5.27. The van der Waals surface area contributed by atoms with Gasteiger partial charge in [0.25, 0.3) is 0 Å². The normalized spacial score (nSPS) is 18.2. The second-order valence-corrected chi connectivity index (χ2v) is 7.44. The van der Waals surface area contributed by atoms with Crippen molar-refractivity contribution in [3.63, 3.8) is 0 Å². The van der Waals surface area contributed by atoms with E-state index < -0.39 is 5.60 Å². The summed E-state index contributed by atoms with van der Waals surface area (Å²) in [6.45, 7) is 8.61. The highest BCUT2D eigenvalue weighted by atomic mass is 32.1. The van der Waals surface area contributed by atoms with E-state index in [2.05, 4.69) is 48.9 Å². The first-order valence-electron chi connectivity index (χ1n) is 7.74. The number of thiophene rings is 1. The zero-order chi connectivity index (χ0) is 15.3. The summed E-state index contributed by atoms with van der Waals surface area (Å²) >= 11 is 1.78. The van der Waals surface area contributed by atoms with Crippen LogP contribution in [-0.2, 0) is 5.41 Å². The zero-order valence-corrected chi connectivity index (χ0v) is 14.1. The smallest absolute Gasteiger partial charge is 0.191 e. The van der Waals surface area contributed by atoms with Gasteiger partial charge in [0, 0.05) is 23.4 Å². The molecule has 1 aromatic heterocycles. The molecule has 3 N–H and O–H groups in total. The Bertz CT molecular complexity index is 464. The predicted octanol–water partition coefficient (Wildman–Crippen LogP) is 2.50. The van der Waals surface area contributed by atoms with E-state index in [-0.39, 0.29) is 5.41 Å². The molecule has 0 spiro atoms. The summed E-state index contributed by atoms with van der Waals surface area (Å²) in [5.74, 6) is 0.794. The first kappa shape index (κ1) is 16.3. The van der Waals surface area contributed by atoms with E-state index >= 15 is 0 Å². The zero-order valence-electron chi connectivity index (χ0n) is 13.3. The fourth-order valence-corrected chi connectivity index (χ4v) is 3.21. The molecule has 0 radical (unpaired) electrons. The van der Waals surface area contributed by atoms with Crippen LogP contribution in [0, 0.1) is 0 Å². The molecule has 0 bridgehead atoms. The van der Waals surface area contributed by atoms with Gasteiger partial charge in [-0.1, -0.05) is 19.9 Å². The van der Waals surface area contributed by atoms with E-state index in [1.54, 1.807) is 11.3 Å². The molecule has 0 unspecified atom stereocenters. The molecular formula is C16H27N3OS. The molecule has 2 rings (SSSR count). The molecule has 1 saturated carbocycles. The Morgan fingerprint density at radius 3 is 2.71 bits per heavy atom. The van der Waals surface area contributed by atoms with Crippen LogP contribution < -0.4 is 10.6 Å². The van der Waals surface area contributed by atoms with Crippen LogP contribution in [0.15, 0.2) is 22.5 Å². The summed E-state index contributed by atoms with van der Waals surface area (Å²) in [5, 5.41) is 18.8. The van der Waals surface area contributed by atoms with Gasteiger partial charge in [-0.05, 0) is 37.6 Å². The van der Waals surface area contributed by atoms with Gasteiger partial charge in [0.15, 0.2) is 5.96 Å². The Labute approximate surface area is 131 Å². The van der Waals surface area contributed by atoms with E-state index in [0.29, 0.717) is 6.54 Å². The quantitative estimate of drug-likeness (QED) is 0.559. The monoisotopic (exact) mass is 309 g/mol. The molecule has 1 aliphatic carbocycles. The first-order chi connectivity index (χ1) is 9.95. The van der Waals surface area contributed by atoms with Gasteiger partial charge < -0.3 is 15.7 Å². The molecule has 1 fully saturated rings. The fraction of sp³-hybridized carbons (Fsp3) is 0.688. The Kier molecular flexibility index (Phi) is 5.27. The highest BCUT2D eigenvalue weighted by Gasteiger charge is 2.34. The number of aliphatic hydroxyl groups is 1. The number of hydrogen-bond donors (Lipinski definition) is 3. The second-order valence-electron chi connectivity index (χ2n) is 6.49. The molecule has 0 atom stereocenters. The highest BCUT2D eigenvalue weighted by molar-refractivity contribution is 7.10. The van der Waals surface area contributed by atoms with Crippen LogP contribution in [-0.4, -0.2) is 36.3 Å². The lowest BCUT2D eigenvalue weighted by Crippen LogP contribution is -2.50. The number of rotatable bonds is 6. The molecule has 5 heteroatoms. The molecule has 0 aliphatic heterocycles. The number of nitrogens with one attached hydrogen (secondary N) is 2. The summed E-state index contributed by atoms with van der Waals surface area (Å²) in [5.41, 5.74) is -0.497. The average Bonchev–Trinajstić information content (AvgIpc) is 2.94. The van der Waals surface area contributed by atoms with E-state index in [4.69, 9.17) is 4.99 Å². The van der Waals surface area contributed by atoms with Gasteiger partial charge in [-0.15, -0.1) is 11.3 Å². The van der Waals surface area contributed by atoms with Gasteiger partial charge in [0.2, 0.25) is 0 Å². The van der Waals surface area contributed by atoms with Gasteiger partial charge in [-0.3, -0.25) is 4.99 Å². The van der Waals surface area contributed by atoms with Crippen molar-refractivity contribution in [2.45, 2.75) is 51.0 Å². The van der Waals surface area contributed by atoms with Crippen molar-refractivity contribution in [2.24, 2.45) is 4.99 Å². The Hall–Kier alpha value is -1.07. The number of nitrogens with zero attached hydrogens (tertiary/aromatic N) is 1. The molecule has 1 aliphatic rings. The van der Waals surface area contributed by atoms with Crippen molar-refractivity contribution in [1.29, 1.82) is 0 Å². The largest absolute Gasteiger partial charge is 0.388 e. The SMILES string of the molecule is CCNC(=NCC(C)(C)c1cccs1)NCC1(O)CCC1. The average molecular weight is 309 g/mol. The Morgan fingerprint density at radius 1 is 1.43 bits per heavy atom. The van der Waals surface area contributed by atoms with E-state index in [0.717, 1.165) is 38.3 Å². The van der Waals surface area contributed by atoms with Gasteiger partial charge >= 0.3 is 0 Å². The molecule has 0 aromatic carbocycles. The Balaban J connectivity index is 1.93. The summed E-state index contributed by atoms with van der Waals surface area (Å²) < 4.78 is 0. The lowest BCUT2D eigenvalue weighted by atomic mass is 9.80. The second kappa shape index (κ2) is 6.79. The number of guanidine groups is 1. The van der Waals surface area contributed by atoms with Crippen LogP contribution in [0.5, 0.6) is 0 Å². The van der Waals surface area contributed by atoms with Gasteiger partial charge in [-0.25, -0.2) is 0 Å². The van der Waals surface area contributed by atoms with E-state index in [1.807, 2.05) is 0 Å². The molecule has 0 saturated heterocycles. The molecule has 1 heterocycles. The van der Waals surface area contributed by atoms with Crippen LogP contribution in [0.25, 0.3) is 0 Å². The van der Waals surface area contributed by atoms with Crippen LogP contribution in [0.4, 0.5) is 0 Å². The topological polar surface area (TPSA) is 56.7 Å². The maximum Gasteiger partial charge on any atom is 0.191 e. The Morgan fingerprint density at radius 2 is 2.19 bits per heavy atom. The van der Waals surface area contributed by atoms with Crippen LogP contribution in [0.3, 0.4) is 0 Å². The minimum atomic E-state index is -0.528. The van der Waals surface area contributed by atoms with Gasteiger partial charge in [-0.2, -0.15) is 0 Å². The third-order valence-electron chi connectivity index (χ3n) is 4.03. The van der Waals surface area contributed by atoms with Gasteiger partial charge in [0.05, 0.1) is 12.1 Å². The molecule has 0 amide bonds. The van der Waals surface area contributed by atoms with Crippen LogP contribution in [0.1, 0.15) is 44.9 Å². The molecular weight excluding hydrogens is 282 g/mol. The van der Waals surface area contributed by atoms with Crippen LogP contribution >= 0.6 is 11.3 Å². The van der Waals surface area contributed by atoms with E-state index in [9.17, 15) is 5.11 Å². The lowest BCUT2D eigenvalue weighted by molar-refractivity contribution is -0.0279. The summed E-state index contributed by atoms with van der Waals surface area (Å²) in [7, 11) is 0. The summed E-state index contributed by atoms with van der Waals surface area (Å²) in [4.78, 5) is 6.04. The standard InChI is InChI=1S/C16H27N3OS/c1-4-17-14(19-12-16(20)8-6-9-16)18-11-15(2,3)13-7-5-10-21-13/h5,7,10,20H,4,6,8-9,11-12H2,1-3H3,(H2,17,18,19). The highest BCUT2D eigenvalue weighted by Crippen LogP contribution is 2.30. The van der Waals surface area contributed by atoms with Crippen molar-refractivity contribution in [2.75, 3.05) is 19.6 Å². The van der Waals surface area contributed by atoms with Crippen molar-refractivity contribution >= 4 is 17.3 Å². The van der Waals surface area contributed by atoms with Crippen LogP contribution in [0.2, 0.25) is 0 Å². The van der Waals surface area contributed by atoms with Gasteiger partial charge in [0.1, 0.15) is 0 Å². The van der Waals surface area contributed by atoms with Crippen molar-refractivity contribution in [3.05, 3.63) is 22.4 Å². The van der Waals surface area contributed by atoms with Crippen molar-refractivity contribution in [3.8, 4) is 0 Å². The fourth-order valence-electron chi connectivity index (χ4n) is 2.37. The third kappa shape index (κ3) is 4.45. The predicted molar refractivity (Wildman–Crippen MR) is 90.1 cm³/mol. The summed E-state index contributed by atoms with van der Waals surface area (Å²) in [6.07, 6.45) is 2.90. The number of hydrogen-bond acceptors (Lipinski definition) is 3. The minimum absolute atomic E-state index is 0.0316. The molecule has 1 aromatic rings. The first-order valence-corrected chi connectivity index (χ1v) is 8.62. The van der Waals surface area contributed by atoms with Crippen molar-refractivity contribution in [1.82, 2.24) is 10.6 Å². The minimum Gasteiger partial charge on any atom is -0.388 e. The molecule has 21 heavy (non-hydrogen) atoms. The lowest BCUT2D eigenvalue weighted by Gasteiger charge is -2.37. The maximum absolute atomic E-state index is 10.2. The van der Waals surface area contributed by atoms with E-state index in [1.165, 1.54) is 4.88 Å². The summed E-state index contributed by atoms with van der Waals surface area (Å²) in [6, 6.07) is 4.25. The number of aliphatic imine (C=N–C) groups is 1. The molecule has 4 nitrogen and oxygen atoms in total.